The van der Waals surface area contributed by atoms with Crippen molar-refractivity contribution in [3.8, 4) is 5.75 Å². The molecule has 1 atom stereocenters. The zero-order valence-electron chi connectivity index (χ0n) is 18.5. The summed E-state index contributed by atoms with van der Waals surface area (Å²) >= 11 is 0. The van der Waals surface area contributed by atoms with Crippen LogP contribution in [0.1, 0.15) is 24.4 Å². The molecular formula is C21H36IN5O3S. The van der Waals surface area contributed by atoms with Crippen LogP contribution in [0.3, 0.4) is 0 Å². The van der Waals surface area contributed by atoms with Gasteiger partial charge < -0.3 is 15.4 Å². The van der Waals surface area contributed by atoms with E-state index in [1.165, 1.54) is 18.4 Å². The Morgan fingerprint density at radius 2 is 1.87 bits per heavy atom. The molecule has 2 saturated heterocycles. The lowest BCUT2D eigenvalue weighted by Crippen LogP contribution is -2.47. The van der Waals surface area contributed by atoms with Gasteiger partial charge >= 0.3 is 0 Å². The Labute approximate surface area is 203 Å². The SMILES string of the molecule is CN=C(NCCN1CCS(=O)(=O)CC1)NCC(c1cccc(OC)c1)N1CCCC1.I. The van der Waals surface area contributed by atoms with Gasteiger partial charge in [-0.15, -0.1) is 24.0 Å². The lowest BCUT2D eigenvalue weighted by atomic mass is 10.1. The van der Waals surface area contributed by atoms with Crippen molar-refractivity contribution in [2.75, 3.05) is 71.5 Å². The Morgan fingerprint density at radius 1 is 1.16 bits per heavy atom. The minimum absolute atomic E-state index is 0. The first-order valence-electron chi connectivity index (χ1n) is 10.8. The van der Waals surface area contributed by atoms with Gasteiger partial charge in [-0.3, -0.25) is 14.8 Å². The quantitative estimate of drug-likeness (QED) is 0.280. The fourth-order valence-electron chi connectivity index (χ4n) is 4.08. The molecule has 8 nitrogen and oxygen atoms in total. The Kier molecular flexibility index (Phi) is 10.8. The van der Waals surface area contributed by atoms with Crippen molar-refractivity contribution < 1.29 is 13.2 Å². The van der Waals surface area contributed by atoms with E-state index in [0.717, 1.165) is 44.4 Å². The third kappa shape index (κ3) is 8.07. The molecule has 2 aliphatic heterocycles. The number of likely N-dealkylation sites (tertiary alicyclic amines) is 1. The van der Waals surface area contributed by atoms with Crippen molar-refractivity contribution in [1.29, 1.82) is 0 Å². The molecule has 0 spiro atoms. The number of rotatable bonds is 8. The molecule has 2 N–H and O–H groups in total. The molecule has 10 heteroatoms. The highest BCUT2D eigenvalue weighted by Gasteiger charge is 2.24. The van der Waals surface area contributed by atoms with E-state index in [9.17, 15) is 8.42 Å². The van der Waals surface area contributed by atoms with Gasteiger partial charge in [0.1, 0.15) is 5.75 Å². The minimum atomic E-state index is -2.83. The summed E-state index contributed by atoms with van der Waals surface area (Å²) in [4.78, 5) is 9.06. The highest BCUT2D eigenvalue weighted by atomic mass is 127. The maximum absolute atomic E-state index is 11.6. The number of hydrogen-bond donors (Lipinski definition) is 2. The number of hydrogen-bond acceptors (Lipinski definition) is 6. The maximum Gasteiger partial charge on any atom is 0.191 e. The van der Waals surface area contributed by atoms with Crippen LogP contribution in [-0.4, -0.2) is 95.7 Å². The molecule has 0 radical (unpaired) electrons. The maximum atomic E-state index is 11.6. The van der Waals surface area contributed by atoms with Crippen molar-refractivity contribution in [3.63, 3.8) is 0 Å². The molecule has 0 bridgehead atoms. The molecule has 176 valence electrons. The first-order valence-corrected chi connectivity index (χ1v) is 12.6. The van der Waals surface area contributed by atoms with Gasteiger partial charge in [0, 0.05) is 39.8 Å². The summed E-state index contributed by atoms with van der Waals surface area (Å²) in [6.45, 7) is 5.73. The third-order valence-electron chi connectivity index (χ3n) is 5.90. The predicted molar refractivity (Wildman–Crippen MR) is 136 cm³/mol. The molecule has 0 aromatic heterocycles. The summed E-state index contributed by atoms with van der Waals surface area (Å²) in [6.07, 6.45) is 2.47. The van der Waals surface area contributed by atoms with Crippen LogP contribution >= 0.6 is 24.0 Å². The van der Waals surface area contributed by atoms with E-state index in [4.69, 9.17) is 4.74 Å². The Hall–Kier alpha value is -1.11. The van der Waals surface area contributed by atoms with Crippen LogP contribution < -0.4 is 15.4 Å². The molecule has 0 aliphatic carbocycles. The van der Waals surface area contributed by atoms with Gasteiger partial charge in [-0.25, -0.2) is 8.42 Å². The second kappa shape index (κ2) is 12.8. The van der Waals surface area contributed by atoms with Gasteiger partial charge in [0.15, 0.2) is 15.8 Å². The summed E-state index contributed by atoms with van der Waals surface area (Å²) < 4.78 is 28.5. The number of halogens is 1. The van der Waals surface area contributed by atoms with E-state index < -0.39 is 9.84 Å². The first kappa shape index (κ1) is 26.1. The van der Waals surface area contributed by atoms with Crippen LogP contribution in [0.4, 0.5) is 0 Å². The zero-order chi connectivity index (χ0) is 21.4. The molecule has 3 rings (SSSR count). The average molecular weight is 566 g/mol. The standard InChI is InChI=1S/C21H35N5O3S.HI/c1-22-21(23-8-11-25-12-14-30(27,28)15-13-25)24-17-20(26-9-3-4-10-26)18-6-5-7-19(16-18)29-2;/h5-7,16,20H,3-4,8-15,17H2,1-2H3,(H2,22,23,24);1H. The summed E-state index contributed by atoms with van der Waals surface area (Å²) in [6, 6.07) is 8.56. The number of guanidine groups is 1. The van der Waals surface area contributed by atoms with Gasteiger partial charge in [0.25, 0.3) is 0 Å². The second-order valence-electron chi connectivity index (χ2n) is 7.91. The smallest absolute Gasteiger partial charge is 0.191 e. The summed E-state index contributed by atoms with van der Waals surface area (Å²) in [5.74, 6) is 2.17. The van der Waals surface area contributed by atoms with Gasteiger partial charge in [-0.05, 0) is 43.6 Å². The van der Waals surface area contributed by atoms with Crippen molar-refractivity contribution in [2.45, 2.75) is 18.9 Å². The number of sulfone groups is 1. The third-order valence-corrected chi connectivity index (χ3v) is 7.51. The van der Waals surface area contributed by atoms with E-state index in [1.807, 2.05) is 12.1 Å². The van der Waals surface area contributed by atoms with E-state index in [0.29, 0.717) is 13.1 Å². The lowest BCUT2D eigenvalue weighted by molar-refractivity contribution is 0.244. The molecule has 2 fully saturated rings. The van der Waals surface area contributed by atoms with Crippen LogP contribution in [-0.2, 0) is 9.84 Å². The monoisotopic (exact) mass is 565 g/mol. The molecule has 31 heavy (non-hydrogen) atoms. The molecule has 0 amide bonds. The Morgan fingerprint density at radius 3 is 2.52 bits per heavy atom. The average Bonchev–Trinajstić information content (AvgIpc) is 3.28. The number of nitrogens with one attached hydrogen (secondary N) is 2. The van der Waals surface area contributed by atoms with Crippen LogP contribution in [0.15, 0.2) is 29.3 Å². The molecular weight excluding hydrogens is 529 g/mol. The minimum Gasteiger partial charge on any atom is -0.497 e. The highest BCUT2D eigenvalue weighted by Crippen LogP contribution is 2.27. The molecule has 1 aromatic rings. The van der Waals surface area contributed by atoms with E-state index in [1.54, 1.807) is 14.2 Å². The van der Waals surface area contributed by atoms with Gasteiger partial charge in [-0.2, -0.15) is 0 Å². The highest BCUT2D eigenvalue weighted by molar-refractivity contribution is 14.0. The lowest BCUT2D eigenvalue weighted by Gasteiger charge is -2.29. The van der Waals surface area contributed by atoms with Gasteiger partial charge in [0.2, 0.25) is 0 Å². The van der Waals surface area contributed by atoms with Crippen molar-refractivity contribution in [1.82, 2.24) is 20.4 Å². The van der Waals surface area contributed by atoms with E-state index >= 15 is 0 Å². The van der Waals surface area contributed by atoms with Crippen LogP contribution in [0.25, 0.3) is 0 Å². The second-order valence-corrected chi connectivity index (χ2v) is 10.2. The van der Waals surface area contributed by atoms with Crippen molar-refractivity contribution in [3.05, 3.63) is 29.8 Å². The molecule has 1 unspecified atom stereocenters. The van der Waals surface area contributed by atoms with Crippen molar-refractivity contribution in [2.24, 2.45) is 4.99 Å². The van der Waals surface area contributed by atoms with Gasteiger partial charge in [-0.1, -0.05) is 12.1 Å². The number of ether oxygens (including phenoxy) is 1. The Balaban J connectivity index is 0.00000341. The Bertz CT molecular complexity index is 801. The zero-order valence-corrected chi connectivity index (χ0v) is 21.7. The number of methoxy groups -OCH3 is 1. The summed E-state index contributed by atoms with van der Waals surface area (Å²) in [5, 5.41) is 6.84. The van der Waals surface area contributed by atoms with Crippen molar-refractivity contribution >= 4 is 39.8 Å². The van der Waals surface area contributed by atoms with E-state index in [2.05, 4.69) is 37.6 Å². The molecule has 1 aromatic carbocycles. The first-order chi connectivity index (χ1) is 14.5. The fraction of sp³-hybridized carbons (Fsp3) is 0.667. The molecule has 2 aliphatic rings. The van der Waals surface area contributed by atoms with Crippen LogP contribution in [0, 0.1) is 0 Å². The summed E-state index contributed by atoms with van der Waals surface area (Å²) in [7, 11) is 0.646. The van der Waals surface area contributed by atoms with Crippen LogP contribution in [0.5, 0.6) is 5.75 Å². The molecule has 2 heterocycles. The van der Waals surface area contributed by atoms with E-state index in [-0.39, 0.29) is 41.5 Å². The number of benzene rings is 1. The van der Waals surface area contributed by atoms with Gasteiger partial charge in [0.05, 0.1) is 24.7 Å². The molecule has 0 saturated carbocycles. The predicted octanol–water partition coefficient (Wildman–Crippen LogP) is 1.35. The number of nitrogens with zero attached hydrogens (tertiary/aromatic N) is 3. The largest absolute Gasteiger partial charge is 0.497 e. The van der Waals surface area contributed by atoms with Crippen LogP contribution in [0.2, 0.25) is 0 Å². The normalized spacial score (nSPS) is 20.6. The number of aliphatic imine (C=N–C) groups is 1. The summed E-state index contributed by atoms with van der Waals surface area (Å²) in [5.41, 5.74) is 1.24. The topological polar surface area (TPSA) is 86.3 Å². The fourth-order valence-corrected chi connectivity index (χ4v) is 5.36.